The molecule has 19 heavy (non-hydrogen) atoms. The number of carbonyl (C=O) groups excluding carboxylic acids is 1. The van der Waals surface area contributed by atoms with Gasteiger partial charge in [0.15, 0.2) is 0 Å². The predicted molar refractivity (Wildman–Crippen MR) is 75.1 cm³/mol. The maximum atomic E-state index is 11.8. The van der Waals surface area contributed by atoms with Crippen molar-refractivity contribution >= 4 is 5.91 Å². The molecule has 1 atom stereocenters. The molecule has 1 N–H and O–H groups in total. The van der Waals surface area contributed by atoms with E-state index in [-0.39, 0.29) is 5.91 Å². The Morgan fingerprint density at radius 1 is 1.26 bits per heavy atom. The van der Waals surface area contributed by atoms with Gasteiger partial charge in [-0.25, -0.2) is 0 Å². The molecule has 2 heterocycles. The average molecular weight is 269 g/mol. The van der Waals surface area contributed by atoms with Crippen molar-refractivity contribution in [3.63, 3.8) is 0 Å². The van der Waals surface area contributed by atoms with Crippen LogP contribution in [0, 0.1) is 5.92 Å². The highest BCUT2D eigenvalue weighted by Gasteiger charge is 2.23. The molecule has 2 rings (SSSR count). The van der Waals surface area contributed by atoms with Crippen LogP contribution in [0.3, 0.4) is 0 Å². The van der Waals surface area contributed by atoms with Crippen LogP contribution >= 0.6 is 0 Å². The summed E-state index contributed by atoms with van der Waals surface area (Å²) in [4.78, 5) is 16.5. The van der Waals surface area contributed by atoms with E-state index < -0.39 is 0 Å². The topological polar surface area (TPSA) is 44.8 Å². The minimum absolute atomic E-state index is 0.192. The fourth-order valence-corrected chi connectivity index (χ4v) is 2.96. The quantitative estimate of drug-likeness (QED) is 0.715. The number of nitrogens with one attached hydrogen (secondary N) is 1. The van der Waals surface area contributed by atoms with Crippen LogP contribution in [0.25, 0.3) is 0 Å². The van der Waals surface area contributed by atoms with E-state index in [2.05, 4.69) is 15.1 Å². The molecule has 0 spiro atoms. The number of rotatable bonds is 7. The van der Waals surface area contributed by atoms with Gasteiger partial charge in [0.1, 0.15) is 0 Å². The number of hydrogen-bond donors (Lipinski definition) is 1. The first-order chi connectivity index (χ1) is 9.28. The van der Waals surface area contributed by atoms with Gasteiger partial charge in [0.25, 0.3) is 0 Å². The molecule has 0 bridgehead atoms. The standard InChI is InChI=1S/C14H27N3O2/c1-19-9-8-17-7-4-13(11-17)10-15-14(18)12-16-5-2-3-6-16/h13H,2-12H2,1H3,(H,15,18). The second kappa shape index (κ2) is 7.82. The lowest BCUT2D eigenvalue weighted by atomic mass is 10.1. The lowest BCUT2D eigenvalue weighted by molar-refractivity contribution is -0.122. The number of carbonyl (C=O) groups is 1. The molecule has 5 heteroatoms. The Morgan fingerprint density at radius 2 is 2.05 bits per heavy atom. The van der Waals surface area contributed by atoms with Crippen molar-refractivity contribution in [2.75, 3.05) is 59.5 Å². The molecule has 110 valence electrons. The summed E-state index contributed by atoms with van der Waals surface area (Å²) in [5, 5.41) is 3.09. The van der Waals surface area contributed by atoms with Gasteiger partial charge < -0.3 is 15.0 Å². The van der Waals surface area contributed by atoms with Gasteiger partial charge in [-0.15, -0.1) is 0 Å². The zero-order chi connectivity index (χ0) is 13.5. The lowest BCUT2D eigenvalue weighted by Crippen LogP contribution is -2.38. The normalized spacial score (nSPS) is 25.0. The van der Waals surface area contributed by atoms with Gasteiger partial charge in [-0.3, -0.25) is 9.69 Å². The smallest absolute Gasteiger partial charge is 0.234 e. The van der Waals surface area contributed by atoms with Gasteiger partial charge >= 0.3 is 0 Å². The summed E-state index contributed by atoms with van der Waals surface area (Å²) < 4.78 is 5.09. The fourth-order valence-electron chi connectivity index (χ4n) is 2.96. The molecule has 0 radical (unpaired) electrons. The summed E-state index contributed by atoms with van der Waals surface area (Å²) in [6.07, 6.45) is 3.67. The van der Waals surface area contributed by atoms with E-state index in [0.717, 1.165) is 45.9 Å². The van der Waals surface area contributed by atoms with E-state index >= 15 is 0 Å². The molecule has 2 fully saturated rings. The zero-order valence-corrected chi connectivity index (χ0v) is 12.1. The summed E-state index contributed by atoms with van der Waals surface area (Å²) in [5.74, 6) is 0.802. The molecule has 2 saturated heterocycles. The molecule has 1 unspecified atom stereocenters. The molecule has 0 aromatic heterocycles. The second-order valence-electron chi connectivity index (χ2n) is 5.74. The third kappa shape index (κ3) is 5.09. The number of amides is 1. The number of likely N-dealkylation sites (tertiary alicyclic amines) is 2. The summed E-state index contributed by atoms with van der Waals surface area (Å²) >= 11 is 0. The first-order valence-corrected chi connectivity index (χ1v) is 7.48. The highest BCUT2D eigenvalue weighted by Crippen LogP contribution is 2.14. The van der Waals surface area contributed by atoms with Gasteiger partial charge in [0.05, 0.1) is 13.2 Å². The number of ether oxygens (including phenoxy) is 1. The fraction of sp³-hybridized carbons (Fsp3) is 0.929. The Hall–Kier alpha value is -0.650. The van der Waals surface area contributed by atoms with Crippen LogP contribution in [-0.4, -0.2) is 75.2 Å². The summed E-state index contributed by atoms with van der Waals surface area (Å²) in [6.45, 7) is 7.62. The molecule has 1 amide bonds. The summed E-state index contributed by atoms with van der Waals surface area (Å²) in [7, 11) is 1.74. The molecular weight excluding hydrogens is 242 g/mol. The Balaban J connectivity index is 1.56. The van der Waals surface area contributed by atoms with Crippen molar-refractivity contribution < 1.29 is 9.53 Å². The zero-order valence-electron chi connectivity index (χ0n) is 12.1. The first kappa shape index (κ1) is 14.8. The first-order valence-electron chi connectivity index (χ1n) is 7.48. The highest BCUT2D eigenvalue weighted by atomic mass is 16.5. The molecule has 0 aromatic carbocycles. The molecule has 2 aliphatic heterocycles. The molecule has 0 aromatic rings. The van der Waals surface area contributed by atoms with Crippen molar-refractivity contribution in [1.82, 2.24) is 15.1 Å². The average Bonchev–Trinajstić information content (AvgIpc) is 3.05. The van der Waals surface area contributed by atoms with Crippen molar-refractivity contribution in [3.8, 4) is 0 Å². The van der Waals surface area contributed by atoms with E-state index in [0.29, 0.717) is 12.5 Å². The molecule has 5 nitrogen and oxygen atoms in total. The second-order valence-corrected chi connectivity index (χ2v) is 5.74. The summed E-state index contributed by atoms with van der Waals surface area (Å²) in [6, 6.07) is 0. The van der Waals surface area contributed by atoms with E-state index in [1.807, 2.05) is 0 Å². The van der Waals surface area contributed by atoms with Crippen molar-refractivity contribution in [3.05, 3.63) is 0 Å². The van der Waals surface area contributed by atoms with Gasteiger partial charge in [-0.2, -0.15) is 0 Å². The van der Waals surface area contributed by atoms with Gasteiger partial charge in [-0.05, 0) is 44.8 Å². The van der Waals surface area contributed by atoms with E-state index in [1.165, 1.54) is 19.3 Å². The lowest BCUT2D eigenvalue weighted by Gasteiger charge is -2.17. The monoisotopic (exact) mass is 269 g/mol. The predicted octanol–water partition coefficient (Wildman–Crippen LogP) is 0.167. The van der Waals surface area contributed by atoms with Crippen LogP contribution in [0.15, 0.2) is 0 Å². The number of hydrogen-bond acceptors (Lipinski definition) is 4. The third-order valence-electron chi connectivity index (χ3n) is 4.14. The molecule has 0 saturated carbocycles. The van der Waals surface area contributed by atoms with Gasteiger partial charge in [0, 0.05) is 26.7 Å². The molecular formula is C14H27N3O2. The SMILES string of the molecule is COCCN1CCC(CNC(=O)CN2CCCC2)C1. The number of nitrogens with zero attached hydrogens (tertiary/aromatic N) is 2. The van der Waals surface area contributed by atoms with Crippen molar-refractivity contribution in [2.45, 2.75) is 19.3 Å². The van der Waals surface area contributed by atoms with Crippen LogP contribution in [0.1, 0.15) is 19.3 Å². The Labute approximate surface area is 116 Å². The third-order valence-corrected chi connectivity index (χ3v) is 4.14. The van der Waals surface area contributed by atoms with Crippen LogP contribution in [0.2, 0.25) is 0 Å². The summed E-state index contributed by atoms with van der Waals surface area (Å²) in [5.41, 5.74) is 0. The van der Waals surface area contributed by atoms with Crippen LogP contribution in [-0.2, 0) is 9.53 Å². The van der Waals surface area contributed by atoms with E-state index in [9.17, 15) is 4.79 Å². The Bertz CT molecular complexity index is 280. The maximum absolute atomic E-state index is 11.8. The van der Waals surface area contributed by atoms with Crippen molar-refractivity contribution in [2.24, 2.45) is 5.92 Å². The van der Waals surface area contributed by atoms with Crippen LogP contribution < -0.4 is 5.32 Å². The van der Waals surface area contributed by atoms with Gasteiger partial charge in [0.2, 0.25) is 5.91 Å². The number of methoxy groups -OCH3 is 1. The van der Waals surface area contributed by atoms with Crippen LogP contribution in [0.5, 0.6) is 0 Å². The largest absolute Gasteiger partial charge is 0.383 e. The van der Waals surface area contributed by atoms with Crippen molar-refractivity contribution in [1.29, 1.82) is 0 Å². The van der Waals surface area contributed by atoms with Crippen LogP contribution in [0.4, 0.5) is 0 Å². The Morgan fingerprint density at radius 3 is 2.79 bits per heavy atom. The van der Waals surface area contributed by atoms with E-state index in [4.69, 9.17) is 4.74 Å². The van der Waals surface area contributed by atoms with Gasteiger partial charge in [-0.1, -0.05) is 0 Å². The Kier molecular flexibility index (Phi) is 6.07. The minimum Gasteiger partial charge on any atom is -0.383 e. The van der Waals surface area contributed by atoms with E-state index in [1.54, 1.807) is 7.11 Å². The maximum Gasteiger partial charge on any atom is 0.234 e. The minimum atomic E-state index is 0.192. The molecule has 0 aliphatic carbocycles. The highest BCUT2D eigenvalue weighted by molar-refractivity contribution is 5.78. The molecule has 2 aliphatic rings.